The van der Waals surface area contributed by atoms with Crippen LogP contribution in [0, 0.1) is 0 Å². The minimum atomic E-state index is 0.0875. The molecule has 4 rings (SSSR count). The van der Waals surface area contributed by atoms with Crippen LogP contribution in [0.5, 0.6) is 0 Å². The Bertz CT molecular complexity index is 965. The molecule has 0 saturated carbocycles. The maximum Gasteiger partial charge on any atom is 0.253 e. The molecule has 0 unspecified atom stereocenters. The summed E-state index contributed by atoms with van der Waals surface area (Å²) in [5.74, 6) is 1.84. The topological polar surface area (TPSA) is 54.3 Å². The van der Waals surface area contributed by atoms with Crippen LogP contribution < -0.4 is 4.90 Å². The molecular weight excluding hydrogens is 362 g/mol. The van der Waals surface area contributed by atoms with E-state index in [-0.39, 0.29) is 11.3 Å². The third-order valence-electron chi connectivity index (χ3n) is 5.40. The van der Waals surface area contributed by atoms with Crippen LogP contribution >= 0.6 is 0 Å². The van der Waals surface area contributed by atoms with Crippen LogP contribution in [0.4, 0.5) is 5.82 Å². The van der Waals surface area contributed by atoms with Gasteiger partial charge in [0.25, 0.3) is 5.91 Å². The molecule has 0 aliphatic carbocycles. The molecule has 6 heteroatoms. The Morgan fingerprint density at radius 1 is 0.897 bits per heavy atom. The minimum absolute atomic E-state index is 0.0875. The number of benzene rings is 1. The van der Waals surface area contributed by atoms with Crippen molar-refractivity contribution in [2.75, 3.05) is 31.1 Å². The van der Waals surface area contributed by atoms with Crippen LogP contribution in [0.25, 0.3) is 5.82 Å². The number of rotatable bonds is 3. The second-order valence-corrected chi connectivity index (χ2v) is 8.43. The molecule has 1 aromatic carbocycles. The summed E-state index contributed by atoms with van der Waals surface area (Å²) in [6.07, 6.45) is 5.53. The number of piperazine rings is 1. The van der Waals surface area contributed by atoms with E-state index in [2.05, 4.69) is 47.8 Å². The zero-order valence-corrected chi connectivity index (χ0v) is 17.2. The van der Waals surface area contributed by atoms with Crippen LogP contribution in [-0.4, -0.2) is 51.5 Å². The van der Waals surface area contributed by atoms with Crippen molar-refractivity contribution in [3.8, 4) is 5.82 Å². The minimum Gasteiger partial charge on any atom is -0.353 e. The van der Waals surface area contributed by atoms with E-state index in [0.717, 1.165) is 30.3 Å². The van der Waals surface area contributed by atoms with E-state index in [9.17, 15) is 4.79 Å². The quantitative estimate of drug-likeness (QED) is 0.688. The number of anilines is 1. The Balaban J connectivity index is 1.40. The number of nitrogens with zero attached hydrogens (tertiary/aromatic N) is 5. The Morgan fingerprint density at radius 3 is 2.14 bits per heavy atom. The lowest BCUT2D eigenvalue weighted by Crippen LogP contribution is -2.49. The van der Waals surface area contributed by atoms with Crippen LogP contribution in [0.1, 0.15) is 36.7 Å². The molecule has 0 radical (unpaired) electrons. The van der Waals surface area contributed by atoms with Crippen molar-refractivity contribution in [3.05, 3.63) is 72.3 Å². The standard InChI is InChI=1S/C23H27N5O/c1-23(2,3)19-8-6-18(7-9-19)22(29)28-14-12-27(13-15-28)21-16-20(24-17-25-21)26-10-4-5-11-26/h4-11,16-17H,12-15H2,1-3H3. The summed E-state index contributed by atoms with van der Waals surface area (Å²) in [6, 6.07) is 14.0. The van der Waals surface area contributed by atoms with Gasteiger partial charge in [0.05, 0.1) is 0 Å². The van der Waals surface area contributed by atoms with Crippen LogP contribution in [0.3, 0.4) is 0 Å². The number of aromatic nitrogens is 3. The monoisotopic (exact) mass is 389 g/mol. The molecule has 1 aliphatic rings. The van der Waals surface area contributed by atoms with E-state index in [1.165, 1.54) is 5.56 Å². The molecule has 150 valence electrons. The van der Waals surface area contributed by atoms with Crippen molar-refractivity contribution in [1.82, 2.24) is 19.4 Å². The lowest BCUT2D eigenvalue weighted by Gasteiger charge is -2.35. The molecule has 1 aliphatic heterocycles. The molecule has 1 amide bonds. The summed E-state index contributed by atoms with van der Waals surface area (Å²) in [5.41, 5.74) is 2.08. The van der Waals surface area contributed by atoms with Crippen molar-refractivity contribution in [2.45, 2.75) is 26.2 Å². The molecule has 3 aromatic rings. The molecule has 6 nitrogen and oxygen atoms in total. The number of carbonyl (C=O) groups excluding carboxylic acids is 1. The fraction of sp³-hybridized carbons (Fsp3) is 0.348. The van der Waals surface area contributed by atoms with Gasteiger partial charge in [-0.2, -0.15) is 0 Å². The molecule has 3 heterocycles. The lowest BCUT2D eigenvalue weighted by molar-refractivity contribution is 0.0746. The van der Waals surface area contributed by atoms with Crippen molar-refractivity contribution in [1.29, 1.82) is 0 Å². The summed E-state index contributed by atoms with van der Waals surface area (Å²) < 4.78 is 1.96. The summed E-state index contributed by atoms with van der Waals surface area (Å²) in [7, 11) is 0. The predicted octanol–water partition coefficient (Wildman–Crippen LogP) is 3.53. The van der Waals surface area contributed by atoms with E-state index in [1.54, 1.807) is 6.33 Å². The van der Waals surface area contributed by atoms with Gasteiger partial charge >= 0.3 is 0 Å². The van der Waals surface area contributed by atoms with Crippen LogP contribution in [0.15, 0.2) is 61.2 Å². The molecule has 0 N–H and O–H groups in total. The van der Waals surface area contributed by atoms with Gasteiger partial charge in [-0.15, -0.1) is 0 Å². The zero-order valence-electron chi connectivity index (χ0n) is 17.2. The first-order chi connectivity index (χ1) is 13.9. The first-order valence-corrected chi connectivity index (χ1v) is 10.0. The Morgan fingerprint density at radius 2 is 1.52 bits per heavy atom. The third kappa shape index (κ3) is 4.16. The predicted molar refractivity (Wildman–Crippen MR) is 115 cm³/mol. The molecule has 29 heavy (non-hydrogen) atoms. The van der Waals surface area contributed by atoms with Gasteiger partial charge in [-0.05, 0) is 35.2 Å². The van der Waals surface area contributed by atoms with E-state index in [0.29, 0.717) is 13.1 Å². The SMILES string of the molecule is CC(C)(C)c1ccc(C(=O)N2CCN(c3cc(-n4cccc4)ncn3)CC2)cc1. The normalized spacial score (nSPS) is 14.9. The first kappa shape index (κ1) is 19.2. The van der Waals surface area contributed by atoms with Gasteiger partial charge in [0.2, 0.25) is 0 Å². The molecule has 1 saturated heterocycles. The van der Waals surface area contributed by atoms with Gasteiger partial charge in [-0.3, -0.25) is 4.79 Å². The maximum atomic E-state index is 12.9. The highest BCUT2D eigenvalue weighted by atomic mass is 16.2. The zero-order chi connectivity index (χ0) is 20.4. The van der Waals surface area contributed by atoms with Gasteiger partial charge in [-0.1, -0.05) is 32.9 Å². The third-order valence-corrected chi connectivity index (χ3v) is 5.40. The van der Waals surface area contributed by atoms with E-state index < -0.39 is 0 Å². The van der Waals surface area contributed by atoms with Gasteiger partial charge in [0.15, 0.2) is 0 Å². The largest absolute Gasteiger partial charge is 0.353 e. The number of hydrogen-bond donors (Lipinski definition) is 0. The molecular formula is C23H27N5O. The summed E-state index contributed by atoms with van der Waals surface area (Å²) in [6.45, 7) is 9.42. The van der Waals surface area contributed by atoms with Gasteiger partial charge in [0.1, 0.15) is 18.0 Å². The smallest absolute Gasteiger partial charge is 0.253 e. The summed E-state index contributed by atoms with van der Waals surface area (Å²) >= 11 is 0. The summed E-state index contributed by atoms with van der Waals surface area (Å²) in [4.78, 5) is 25.8. The average molecular weight is 390 g/mol. The Labute approximate surface area is 171 Å². The molecule has 0 bridgehead atoms. The van der Waals surface area contributed by atoms with Crippen molar-refractivity contribution in [3.63, 3.8) is 0 Å². The molecule has 0 spiro atoms. The highest BCUT2D eigenvalue weighted by Crippen LogP contribution is 2.23. The summed E-state index contributed by atoms with van der Waals surface area (Å²) in [5, 5.41) is 0. The van der Waals surface area contributed by atoms with Crippen molar-refractivity contribution in [2.24, 2.45) is 0 Å². The van der Waals surface area contributed by atoms with E-state index in [4.69, 9.17) is 0 Å². The number of carbonyl (C=O) groups is 1. The Hall–Kier alpha value is -3.15. The highest BCUT2D eigenvalue weighted by Gasteiger charge is 2.23. The van der Waals surface area contributed by atoms with Crippen LogP contribution in [0.2, 0.25) is 0 Å². The van der Waals surface area contributed by atoms with Crippen LogP contribution in [-0.2, 0) is 5.41 Å². The fourth-order valence-corrected chi connectivity index (χ4v) is 3.57. The van der Waals surface area contributed by atoms with Crippen molar-refractivity contribution < 1.29 is 4.79 Å². The first-order valence-electron chi connectivity index (χ1n) is 10.0. The number of amides is 1. The fourth-order valence-electron chi connectivity index (χ4n) is 3.57. The Kier molecular flexibility index (Phi) is 5.09. The second kappa shape index (κ2) is 7.70. The second-order valence-electron chi connectivity index (χ2n) is 8.43. The average Bonchev–Trinajstić information content (AvgIpc) is 3.28. The maximum absolute atomic E-state index is 12.9. The molecule has 2 aromatic heterocycles. The van der Waals surface area contributed by atoms with Gasteiger partial charge in [0, 0.05) is 50.2 Å². The highest BCUT2D eigenvalue weighted by molar-refractivity contribution is 5.94. The van der Waals surface area contributed by atoms with Gasteiger partial charge in [-0.25, -0.2) is 9.97 Å². The van der Waals surface area contributed by atoms with Gasteiger partial charge < -0.3 is 14.4 Å². The van der Waals surface area contributed by atoms with E-state index in [1.807, 2.05) is 52.2 Å². The number of hydrogen-bond acceptors (Lipinski definition) is 4. The molecule has 0 atom stereocenters. The molecule has 1 fully saturated rings. The van der Waals surface area contributed by atoms with E-state index >= 15 is 0 Å². The van der Waals surface area contributed by atoms with Crippen molar-refractivity contribution >= 4 is 11.7 Å². The lowest BCUT2D eigenvalue weighted by atomic mass is 9.86.